The Kier molecular flexibility index (Phi) is 4.77. The van der Waals surface area contributed by atoms with Crippen molar-refractivity contribution in [3.05, 3.63) is 56.8 Å². The minimum Gasteiger partial charge on any atom is -0.496 e. The van der Waals surface area contributed by atoms with Crippen molar-refractivity contribution in [2.75, 3.05) is 7.11 Å². The molecule has 0 aliphatic heterocycles. The molecule has 8 heteroatoms. The summed E-state index contributed by atoms with van der Waals surface area (Å²) in [6.07, 6.45) is 1.56. The van der Waals surface area contributed by atoms with Gasteiger partial charge in [0.25, 0.3) is 5.91 Å². The molecule has 3 rings (SSSR count). The highest BCUT2D eigenvalue weighted by Crippen LogP contribution is 2.24. The summed E-state index contributed by atoms with van der Waals surface area (Å²) in [6, 6.07) is 10.7. The summed E-state index contributed by atoms with van der Waals surface area (Å²) in [7, 11) is 1.60. The summed E-state index contributed by atoms with van der Waals surface area (Å²) < 4.78 is 6.50. The first-order valence-electron chi connectivity index (χ1n) is 6.96. The van der Waals surface area contributed by atoms with E-state index in [0.717, 1.165) is 26.8 Å². The van der Waals surface area contributed by atoms with Gasteiger partial charge < -0.3 is 14.7 Å². The SMILES string of the molecule is COc1ccc(/C=N\NC(=O)c2ccc3[nH]c(=S)[nH]c3c2)cc1Br. The molecule has 0 atom stereocenters. The molecule has 0 saturated heterocycles. The Morgan fingerprint density at radius 3 is 2.79 bits per heavy atom. The van der Waals surface area contributed by atoms with Crippen LogP contribution in [0.5, 0.6) is 5.75 Å². The van der Waals surface area contributed by atoms with Gasteiger partial charge in [-0.05, 0) is 70.1 Å². The van der Waals surface area contributed by atoms with E-state index < -0.39 is 0 Å². The first kappa shape index (κ1) is 16.4. The lowest BCUT2D eigenvalue weighted by atomic mass is 10.2. The first-order valence-corrected chi connectivity index (χ1v) is 8.16. The van der Waals surface area contributed by atoms with E-state index >= 15 is 0 Å². The lowest BCUT2D eigenvalue weighted by Gasteiger charge is -2.03. The second-order valence-electron chi connectivity index (χ2n) is 4.93. The van der Waals surface area contributed by atoms with Gasteiger partial charge in [-0.25, -0.2) is 5.43 Å². The summed E-state index contributed by atoms with van der Waals surface area (Å²) in [5.41, 5.74) is 5.44. The van der Waals surface area contributed by atoms with Crippen LogP contribution in [-0.4, -0.2) is 29.2 Å². The molecule has 24 heavy (non-hydrogen) atoms. The number of hydrogen-bond donors (Lipinski definition) is 3. The predicted octanol–water partition coefficient (Wildman–Crippen LogP) is 3.76. The normalized spacial score (nSPS) is 11.1. The number of hydrogen-bond acceptors (Lipinski definition) is 4. The molecule has 0 unspecified atom stereocenters. The second-order valence-corrected chi connectivity index (χ2v) is 6.20. The molecule has 122 valence electrons. The van der Waals surface area contributed by atoms with Crippen LogP contribution in [0, 0.1) is 4.77 Å². The summed E-state index contributed by atoms with van der Waals surface area (Å²) >= 11 is 8.43. The second kappa shape index (κ2) is 6.98. The van der Waals surface area contributed by atoms with E-state index in [0.29, 0.717) is 10.3 Å². The fourth-order valence-corrected chi connectivity index (χ4v) is 2.94. The predicted molar refractivity (Wildman–Crippen MR) is 99.2 cm³/mol. The zero-order chi connectivity index (χ0) is 17.1. The molecule has 1 heterocycles. The van der Waals surface area contributed by atoms with Crippen LogP contribution in [0.25, 0.3) is 11.0 Å². The van der Waals surface area contributed by atoms with E-state index in [4.69, 9.17) is 17.0 Å². The third-order valence-electron chi connectivity index (χ3n) is 3.33. The molecule has 0 aliphatic rings. The Morgan fingerprint density at radius 2 is 2.04 bits per heavy atom. The zero-order valence-electron chi connectivity index (χ0n) is 12.6. The van der Waals surface area contributed by atoms with Crippen molar-refractivity contribution in [2.45, 2.75) is 0 Å². The molecule has 3 N–H and O–H groups in total. The number of aromatic amines is 2. The highest BCUT2D eigenvalue weighted by atomic mass is 79.9. The lowest BCUT2D eigenvalue weighted by Crippen LogP contribution is -2.17. The number of imidazole rings is 1. The van der Waals surface area contributed by atoms with E-state index in [-0.39, 0.29) is 5.91 Å². The Bertz CT molecular complexity index is 993. The van der Waals surface area contributed by atoms with Gasteiger partial charge in [-0.2, -0.15) is 5.10 Å². The number of fused-ring (bicyclic) bond motifs is 1. The van der Waals surface area contributed by atoms with Crippen LogP contribution in [0.2, 0.25) is 0 Å². The number of nitrogens with one attached hydrogen (secondary N) is 3. The number of H-pyrrole nitrogens is 2. The van der Waals surface area contributed by atoms with Crippen molar-refractivity contribution in [2.24, 2.45) is 5.10 Å². The van der Waals surface area contributed by atoms with Crippen LogP contribution >= 0.6 is 28.1 Å². The molecule has 0 bridgehead atoms. The molecule has 2 aromatic carbocycles. The van der Waals surface area contributed by atoms with E-state index in [1.54, 1.807) is 31.5 Å². The number of ether oxygens (including phenoxy) is 1. The maximum absolute atomic E-state index is 12.1. The van der Waals surface area contributed by atoms with Crippen LogP contribution in [0.15, 0.2) is 46.0 Å². The number of hydrazone groups is 1. The summed E-state index contributed by atoms with van der Waals surface area (Å²) in [4.78, 5) is 18.1. The molecular formula is C16H13BrN4O2S. The van der Waals surface area contributed by atoms with Crippen molar-refractivity contribution >= 4 is 51.3 Å². The molecule has 0 aliphatic carbocycles. The van der Waals surface area contributed by atoms with E-state index in [2.05, 4.69) is 36.4 Å². The third kappa shape index (κ3) is 3.55. The monoisotopic (exact) mass is 404 g/mol. The van der Waals surface area contributed by atoms with Gasteiger partial charge >= 0.3 is 0 Å². The highest BCUT2D eigenvalue weighted by molar-refractivity contribution is 9.10. The summed E-state index contributed by atoms with van der Waals surface area (Å²) in [5.74, 6) is 0.426. The van der Waals surface area contributed by atoms with Crippen LogP contribution in [0.4, 0.5) is 0 Å². The number of carbonyl (C=O) groups excluding carboxylic acids is 1. The van der Waals surface area contributed by atoms with Crippen molar-refractivity contribution in [1.29, 1.82) is 0 Å². The zero-order valence-corrected chi connectivity index (χ0v) is 15.0. The van der Waals surface area contributed by atoms with Gasteiger partial charge in [-0.3, -0.25) is 4.79 Å². The van der Waals surface area contributed by atoms with E-state index in [1.165, 1.54) is 0 Å². The third-order valence-corrected chi connectivity index (χ3v) is 4.16. The lowest BCUT2D eigenvalue weighted by molar-refractivity contribution is 0.0955. The fourth-order valence-electron chi connectivity index (χ4n) is 2.17. The van der Waals surface area contributed by atoms with E-state index in [9.17, 15) is 4.79 Å². The molecule has 3 aromatic rings. The maximum atomic E-state index is 12.1. The fraction of sp³-hybridized carbons (Fsp3) is 0.0625. The molecule has 1 amide bonds. The molecule has 0 saturated carbocycles. The van der Waals surface area contributed by atoms with Gasteiger partial charge in [0, 0.05) is 5.56 Å². The number of amides is 1. The van der Waals surface area contributed by atoms with E-state index in [1.807, 2.05) is 18.2 Å². The standard InChI is InChI=1S/C16H13BrN4O2S/c1-23-14-5-2-9(6-11(14)17)8-18-21-15(22)10-3-4-12-13(7-10)20-16(24)19-12/h2-8H,1H3,(H,21,22)(H2,19,20,24)/b18-8-. The van der Waals surface area contributed by atoms with Gasteiger partial charge in [-0.15, -0.1) is 0 Å². The first-order chi connectivity index (χ1) is 11.6. The highest BCUT2D eigenvalue weighted by Gasteiger charge is 2.06. The van der Waals surface area contributed by atoms with Crippen molar-refractivity contribution in [3.63, 3.8) is 0 Å². The Labute approximate surface area is 151 Å². The molecule has 6 nitrogen and oxygen atoms in total. The van der Waals surface area contributed by atoms with Crippen LogP contribution in [0.1, 0.15) is 15.9 Å². The molecule has 0 spiro atoms. The number of methoxy groups -OCH3 is 1. The van der Waals surface area contributed by atoms with Crippen LogP contribution in [0.3, 0.4) is 0 Å². The Balaban J connectivity index is 1.71. The Hall–Kier alpha value is -2.45. The van der Waals surface area contributed by atoms with Gasteiger partial charge in [0.1, 0.15) is 5.75 Å². The van der Waals surface area contributed by atoms with Gasteiger partial charge in [0.15, 0.2) is 4.77 Å². The van der Waals surface area contributed by atoms with Gasteiger partial charge in [0.05, 0.1) is 28.8 Å². The number of benzene rings is 2. The van der Waals surface area contributed by atoms with Crippen molar-refractivity contribution in [1.82, 2.24) is 15.4 Å². The van der Waals surface area contributed by atoms with Crippen molar-refractivity contribution < 1.29 is 9.53 Å². The van der Waals surface area contributed by atoms with Crippen molar-refractivity contribution in [3.8, 4) is 5.75 Å². The van der Waals surface area contributed by atoms with Crippen LogP contribution < -0.4 is 10.2 Å². The van der Waals surface area contributed by atoms with Gasteiger partial charge in [-0.1, -0.05) is 0 Å². The average molecular weight is 405 g/mol. The summed E-state index contributed by atoms with van der Waals surface area (Å²) in [5, 5.41) is 3.98. The van der Waals surface area contributed by atoms with Gasteiger partial charge in [0.2, 0.25) is 0 Å². The van der Waals surface area contributed by atoms with Crippen LogP contribution in [-0.2, 0) is 0 Å². The number of halogens is 1. The smallest absolute Gasteiger partial charge is 0.271 e. The average Bonchev–Trinajstić information content (AvgIpc) is 2.94. The minimum atomic E-state index is -0.304. The minimum absolute atomic E-state index is 0.304. The maximum Gasteiger partial charge on any atom is 0.271 e. The number of carbonyl (C=O) groups is 1. The Morgan fingerprint density at radius 1 is 1.25 bits per heavy atom. The molecule has 0 fully saturated rings. The quantitative estimate of drug-likeness (QED) is 0.351. The number of rotatable bonds is 4. The molecule has 1 aromatic heterocycles. The number of nitrogens with zero attached hydrogens (tertiary/aromatic N) is 1. The molecule has 0 radical (unpaired) electrons. The topological polar surface area (TPSA) is 82.3 Å². The number of aromatic nitrogens is 2. The largest absolute Gasteiger partial charge is 0.496 e. The summed E-state index contributed by atoms with van der Waals surface area (Å²) in [6.45, 7) is 0. The molecular weight excluding hydrogens is 392 g/mol.